The summed E-state index contributed by atoms with van der Waals surface area (Å²) in [6.07, 6.45) is 1.97. The number of hydrogen-bond acceptors (Lipinski definition) is 2. The maximum Gasteiger partial charge on any atom is 0.319 e. The molecule has 0 unspecified atom stereocenters. The molecule has 1 aliphatic rings. The van der Waals surface area contributed by atoms with Gasteiger partial charge in [0.1, 0.15) is 0 Å². The zero-order valence-corrected chi connectivity index (χ0v) is 16.1. The highest BCUT2D eigenvalue weighted by Crippen LogP contribution is 2.20. The Kier molecular flexibility index (Phi) is 6.10. The monoisotopic (exact) mass is 401 g/mol. The Morgan fingerprint density at radius 1 is 1.16 bits per heavy atom. The van der Waals surface area contributed by atoms with Gasteiger partial charge in [-0.1, -0.05) is 46.3 Å². The molecule has 3 rings (SSSR count). The minimum atomic E-state index is -0.119. The molecule has 2 amide bonds. The van der Waals surface area contributed by atoms with E-state index >= 15 is 0 Å². The maximum absolute atomic E-state index is 12.2. The molecule has 0 spiro atoms. The average Bonchev–Trinajstić information content (AvgIpc) is 2.60. The Morgan fingerprint density at radius 3 is 2.56 bits per heavy atom. The van der Waals surface area contributed by atoms with Crippen molar-refractivity contribution in [1.82, 2.24) is 10.2 Å². The number of halogens is 1. The number of nitrogens with one attached hydrogen (secondary N) is 2. The average molecular weight is 402 g/mol. The molecule has 0 aromatic heterocycles. The van der Waals surface area contributed by atoms with E-state index in [9.17, 15) is 4.79 Å². The maximum atomic E-state index is 12.2. The van der Waals surface area contributed by atoms with Crippen molar-refractivity contribution >= 4 is 27.6 Å². The lowest BCUT2D eigenvalue weighted by Gasteiger charge is -2.32. The van der Waals surface area contributed by atoms with E-state index in [4.69, 9.17) is 0 Å². The van der Waals surface area contributed by atoms with E-state index in [0.29, 0.717) is 0 Å². The van der Waals surface area contributed by atoms with Crippen molar-refractivity contribution < 1.29 is 4.79 Å². The summed E-state index contributed by atoms with van der Waals surface area (Å²) in [5, 5.41) is 6.06. The van der Waals surface area contributed by atoms with Gasteiger partial charge in [-0.3, -0.25) is 4.90 Å². The molecular weight excluding hydrogens is 378 g/mol. The van der Waals surface area contributed by atoms with Crippen LogP contribution in [0, 0.1) is 6.92 Å². The fraction of sp³-hybridized carbons (Fsp3) is 0.350. The number of hydrogen-bond donors (Lipinski definition) is 2. The molecule has 2 aromatic rings. The number of nitrogens with zero attached hydrogens (tertiary/aromatic N) is 1. The number of amides is 2. The van der Waals surface area contributed by atoms with Crippen molar-refractivity contribution in [1.29, 1.82) is 0 Å². The number of urea groups is 1. The quantitative estimate of drug-likeness (QED) is 0.789. The van der Waals surface area contributed by atoms with Crippen LogP contribution in [0.3, 0.4) is 0 Å². The molecule has 132 valence electrons. The number of aryl methyl sites for hydroxylation is 1. The van der Waals surface area contributed by atoms with Gasteiger partial charge in [0.05, 0.1) is 0 Å². The Bertz CT molecular complexity index is 712. The van der Waals surface area contributed by atoms with Gasteiger partial charge >= 0.3 is 6.03 Å². The molecule has 4 nitrogen and oxygen atoms in total. The molecule has 0 aliphatic carbocycles. The molecule has 1 fully saturated rings. The number of carbonyl (C=O) groups excluding carboxylic acids is 1. The highest BCUT2D eigenvalue weighted by Gasteiger charge is 2.20. The van der Waals surface area contributed by atoms with Gasteiger partial charge in [-0.2, -0.15) is 0 Å². The van der Waals surface area contributed by atoms with E-state index in [1.165, 1.54) is 5.56 Å². The summed E-state index contributed by atoms with van der Waals surface area (Å²) in [4.78, 5) is 14.7. The lowest BCUT2D eigenvalue weighted by Crippen LogP contribution is -2.45. The highest BCUT2D eigenvalue weighted by atomic mass is 79.9. The molecule has 5 heteroatoms. The number of carbonyl (C=O) groups is 1. The van der Waals surface area contributed by atoms with Gasteiger partial charge in [-0.05, 0) is 49.1 Å². The van der Waals surface area contributed by atoms with Crippen molar-refractivity contribution in [3.8, 4) is 0 Å². The predicted molar refractivity (Wildman–Crippen MR) is 106 cm³/mol. The van der Waals surface area contributed by atoms with Crippen molar-refractivity contribution in [2.45, 2.75) is 32.4 Å². The van der Waals surface area contributed by atoms with Crippen molar-refractivity contribution in [2.75, 3.05) is 18.4 Å². The van der Waals surface area contributed by atoms with Crippen LogP contribution in [-0.2, 0) is 6.54 Å². The normalized spacial score (nSPS) is 15.8. The van der Waals surface area contributed by atoms with Gasteiger partial charge in [-0.25, -0.2) is 4.79 Å². The summed E-state index contributed by atoms with van der Waals surface area (Å²) < 4.78 is 1.02. The van der Waals surface area contributed by atoms with Gasteiger partial charge in [0.2, 0.25) is 0 Å². The predicted octanol–water partition coefficient (Wildman–Crippen LogP) is 4.54. The second-order valence-corrected chi connectivity index (χ2v) is 7.51. The summed E-state index contributed by atoms with van der Waals surface area (Å²) in [6.45, 7) is 4.99. The summed E-state index contributed by atoms with van der Waals surface area (Å²) in [7, 11) is 0. The Balaban J connectivity index is 1.44. The fourth-order valence-electron chi connectivity index (χ4n) is 3.19. The van der Waals surface area contributed by atoms with Crippen LogP contribution in [-0.4, -0.2) is 30.1 Å². The van der Waals surface area contributed by atoms with Gasteiger partial charge in [0.25, 0.3) is 0 Å². The standard InChI is InChI=1S/C20H24BrN3O/c1-15-13-17(21)7-8-19(15)23-20(25)22-18-9-11-24(12-10-18)14-16-5-3-2-4-6-16/h2-8,13,18H,9-12,14H2,1H3,(H2,22,23,25). The molecule has 1 aliphatic heterocycles. The van der Waals surface area contributed by atoms with Crippen LogP contribution in [0.4, 0.5) is 10.5 Å². The molecule has 0 saturated carbocycles. The van der Waals surface area contributed by atoms with Crippen molar-refractivity contribution in [3.63, 3.8) is 0 Å². The summed E-state index contributed by atoms with van der Waals surface area (Å²) in [6, 6.07) is 16.5. The van der Waals surface area contributed by atoms with E-state index in [1.54, 1.807) is 0 Å². The zero-order chi connectivity index (χ0) is 17.6. The molecule has 1 saturated heterocycles. The lowest BCUT2D eigenvalue weighted by atomic mass is 10.0. The third-order valence-corrected chi connectivity index (χ3v) is 5.10. The second kappa shape index (κ2) is 8.50. The fourth-order valence-corrected chi connectivity index (χ4v) is 3.66. The van der Waals surface area contributed by atoms with E-state index in [-0.39, 0.29) is 12.1 Å². The van der Waals surface area contributed by atoms with Crippen molar-refractivity contribution in [3.05, 3.63) is 64.1 Å². The Morgan fingerprint density at radius 2 is 1.88 bits per heavy atom. The first-order chi connectivity index (χ1) is 12.1. The van der Waals surface area contributed by atoms with Crippen LogP contribution in [0.15, 0.2) is 53.0 Å². The SMILES string of the molecule is Cc1cc(Br)ccc1NC(=O)NC1CCN(Cc2ccccc2)CC1. The topological polar surface area (TPSA) is 44.4 Å². The first-order valence-corrected chi connectivity index (χ1v) is 9.49. The van der Waals surface area contributed by atoms with Gasteiger partial charge < -0.3 is 10.6 Å². The minimum absolute atomic E-state index is 0.119. The highest BCUT2D eigenvalue weighted by molar-refractivity contribution is 9.10. The van der Waals surface area contributed by atoms with Crippen molar-refractivity contribution in [2.24, 2.45) is 0 Å². The number of anilines is 1. The first kappa shape index (κ1) is 18.0. The number of likely N-dealkylation sites (tertiary alicyclic amines) is 1. The summed E-state index contributed by atoms with van der Waals surface area (Å²) >= 11 is 3.44. The minimum Gasteiger partial charge on any atom is -0.335 e. The molecular formula is C20H24BrN3O. The van der Waals surface area contributed by atoms with Crippen LogP contribution in [0.2, 0.25) is 0 Å². The van der Waals surface area contributed by atoms with E-state index in [0.717, 1.165) is 48.2 Å². The Hall–Kier alpha value is -1.85. The van der Waals surface area contributed by atoms with Crippen LogP contribution in [0.25, 0.3) is 0 Å². The third kappa shape index (κ3) is 5.31. The first-order valence-electron chi connectivity index (χ1n) is 8.70. The van der Waals surface area contributed by atoms with Crippen LogP contribution in [0.5, 0.6) is 0 Å². The zero-order valence-electron chi connectivity index (χ0n) is 14.5. The molecule has 25 heavy (non-hydrogen) atoms. The molecule has 2 N–H and O–H groups in total. The summed E-state index contributed by atoms with van der Waals surface area (Å²) in [5.74, 6) is 0. The number of benzene rings is 2. The van der Waals surface area contributed by atoms with E-state index in [2.05, 4.69) is 55.7 Å². The molecule has 2 aromatic carbocycles. The number of piperidine rings is 1. The van der Waals surface area contributed by atoms with Gasteiger partial charge in [0, 0.05) is 35.8 Å². The number of rotatable bonds is 4. The summed E-state index contributed by atoms with van der Waals surface area (Å²) in [5.41, 5.74) is 3.24. The van der Waals surface area contributed by atoms with E-state index in [1.807, 2.05) is 31.2 Å². The smallest absolute Gasteiger partial charge is 0.319 e. The van der Waals surface area contributed by atoms with Crippen LogP contribution in [0.1, 0.15) is 24.0 Å². The van der Waals surface area contributed by atoms with Gasteiger partial charge in [-0.15, -0.1) is 0 Å². The molecule has 0 radical (unpaired) electrons. The largest absolute Gasteiger partial charge is 0.335 e. The second-order valence-electron chi connectivity index (χ2n) is 6.59. The molecule has 0 bridgehead atoms. The van der Waals surface area contributed by atoms with Crippen LogP contribution >= 0.6 is 15.9 Å². The lowest BCUT2D eigenvalue weighted by molar-refractivity contribution is 0.190. The third-order valence-electron chi connectivity index (χ3n) is 4.61. The molecule has 1 heterocycles. The van der Waals surface area contributed by atoms with Crippen LogP contribution < -0.4 is 10.6 Å². The Labute approximate surface area is 157 Å². The van der Waals surface area contributed by atoms with Gasteiger partial charge in [0.15, 0.2) is 0 Å². The van der Waals surface area contributed by atoms with E-state index < -0.39 is 0 Å². The molecule has 0 atom stereocenters.